The van der Waals surface area contributed by atoms with Crippen LogP contribution < -0.4 is 4.74 Å². The first-order valence-electron chi connectivity index (χ1n) is 5.04. The van der Waals surface area contributed by atoms with Crippen LogP contribution in [0.2, 0.25) is 5.02 Å². The van der Waals surface area contributed by atoms with Gasteiger partial charge in [-0.25, -0.2) is 8.42 Å². The van der Waals surface area contributed by atoms with Crippen molar-refractivity contribution >= 4 is 53.9 Å². The Morgan fingerprint density at radius 2 is 1.68 bits per heavy atom. The molecule has 100 valence electrons. The van der Waals surface area contributed by atoms with Crippen molar-refractivity contribution in [1.29, 1.82) is 0 Å². The van der Waals surface area contributed by atoms with E-state index in [1.807, 2.05) is 12.1 Å². The van der Waals surface area contributed by atoms with E-state index in [1.54, 1.807) is 12.1 Å². The molecule has 0 radical (unpaired) electrons. The maximum atomic E-state index is 11.2. The number of benzene rings is 2. The summed E-state index contributed by atoms with van der Waals surface area (Å²) in [5, 5.41) is 0.181. The lowest BCUT2D eigenvalue weighted by molar-refractivity contribution is 0.482. The van der Waals surface area contributed by atoms with Crippen molar-refractivity contribution in [2.45, 2.75) is 4.90 Å². The molecular weight excluding hydrogens is 422 g/mol. The smallest absolute Gasteiger partial charge is 0.261 e. The number of rotatable bonds is 3. The molecule has 0 heterocycles. The molecule has 0 aliphatic rings. The Bertz CT molecular complexity index is 699. The van der Waals surface area contributed by atoms with Crippen LogP contribution >= 0.6 is 44.9 Å². The van der Waals surface area contributed by atoms with Crippen LogP contribution in [0.25, 0.3) is 0 Å². The molecule has 0 aromatic heterocycles. The summed E-state index contributed by atoms with van der Waals surface area (Å²) in [7, 11) is 1.44. The minimum Gasteiger partial charge on any atom is -0.456 e. The molecule has 0 atom stereocenters. The monoisotopic (exact) mass is 428 g/mol. The zero-order valence-corrected chi connectivity index (χ0v) is 13.8. The lowest BCUT2D eigenvalue weighted by Gasteiger charge is -2.08. The first-order valence-corrected chi connectivity index (χ1v) is 8.80. The second kappa shape index (κ2) is 5.87. The van der Waals surface area contributed by atoms with Crippen molar-refractivity contribution in [1.82, 2.24) is 0 Å². The number of hydrogen-bond donors (Lipinski definition) is 0. The Labute approximate surface area is 134 Å². The molecule has 2 rings (SSSR count). The van der Waals surface area contributed by atoms with E-state index in [4.69, 9.17) is 27.0 Å². The molecular formula is C12H7Cl2IO3S. The fourth-order valence-electron chi connectivity index (χ4n) is 1.35. The van der Waals surface area contributed by atoms with Gasteiger partial charge in [-0.3, -0.25) is 0 Å². The quantitative estimate of drug-likeness (QED) is 0.527. The van der Waals surface area contributed by atoms with E-state index >= 15 is 0 Å². The van der Waals surface area contributed by atoms with E-state index in [-0.39, 0.29) is 9.92 Å². The van der Waals surface area contributed by atoms with Gasteiger partial charge < -0.3 is 4.74 Å². The first kappa shape index (κ1) is 14.9. The van der Waals surface area contributed by atoms with E-state index in [1.165, 1.54) is 18.2 Å². The highest BCUT2D eigenvalue weighted by molar-refractivity contribution is 14.1. The highest BCUT2D eigenvalue weighted by Gasteiger charge is 2.13. The van der Waals surface area contributed by atoms with E-state index in [0.717, 1.165) is 3.57 Å². The zero-order valence-electron chi connectivity index (χ0n) is 9.31. The predicted octanol–water partition coefficient (Wildman–Crippen LogP) is 4.66. The van der Waals surface area contributed by atoms with Gasteiger partial charge in [0.25, 0.3) is 9.05 Å². The van der Waals surface area contributed by atoms with Gasteiger partial charge in [0, 0.05) is 14.3 Å². The third-order valence-corrected chi connectivity index (χ3v) is 4.59. The number of halogens is 3. The maximum absolute atomic E-state index is 11.2. The van der Waals surface area contributed by atoms with Gasteiger partial charge in [0.05, 0.1) is 9.92 Å². The summed E-state index contributed by atoms with van der Waals surface area (Å²) in [5.41, 5.74) is 0. The summed E-state index contributed by atoms with van der Waals surface area (Å²) < 4.78 is 29.0. The third-order valence-electron chi connectivity index (χ3n) is 2.23. The van der Waals surface area contributed by atoms with Crippen molar-refractivity contribution in [2.24, 2.45) is 0 Å². The van der Waals surface area contributed by atoms with E-state index in [2.05, 4.69) is 22.6 Å². The largest absolute Gasteiger partial charge is 0.456 e. The summed E-state index contributed by atoms with van der Waals surface area (Å²) in [6.45, 7) is 0. The Balaban J connectivity index is 2.29. The normalized spacial score (nSPS) is 11.3. The molecule has 0 saturated heterocycles. The lowest BCUT2D eigenvalue weighted by atomic mass is 10.3. The van der Waals surface area contributed by atoms with Crippen LogP contribution in [0.5, 0.6) is 11.5 Å². The minimum atomic E-state index is -3.79. The van der Waals surface area contributed by atoms with Crippen molar-refractivity contribution in [3.8, 4) is 11.5 Å². The molecule has 0 fully saturated rings. The van der Waals surface area contributed by atoms with E-state index in [9.17, 15) is 8.42 Å². The molecule has 7 heteroatoms. The van der Waals surface area contributed by atoms with Crippen LogP contribution in [0.1, 0.15) is 0 Å². The van der Waals surface area contributed by atoms with Crippen LogP contribution in [0.3, 0.4) is 0 Å². The predicted molar refractivity (Wildman–Crippen MR) is 83.7 cm³/mol. The fourth-order valence-corrected chi connectivity index (χ4v) is 2.77. The molecule has 3 nitrogen and oxygen atoms in total. The van der Waals surface area contributed by atoms with Gasteiger partial charge in [-0.1, -0.05) is 11.6 Å². The second-order valence-electron chi connectivity index (χ2n) is 3.59. The summed E-state index contributed by atoms with van der Waals surface area (Å²) in [5.74, 6) is 0.982. The molecule has 0 bridgehead atoms. The zero-order chi connectivity index (χ0) is 14.0. The number of ether oxygens (including phenoxy) is 1. The highest BCUT2D eigenvalue weighted by Crippen LogP contribution is 2.32. The summed E-state index contributed by atoms with van der Waals surface area (Å²) in [4.78, 5) is -0.0610. The van der Waals surface area contributed by atoms with Gasteiger partial charge in [-0.2, -0.15) is 0 Å². The maximum Gasteiger partial charge on any atom is 0.261 e. The molecule has 0 aliphatic carbocycles. The van der Waals surface area contributed by atoms with Crippen molar-refractivity contribution < 1.29 is 13.2 Å². The van der Waals surface area contributed by atoms with Crippen molar-refractivity contribution in [3.63, 3.8) is 0 Å². The molecule has 0 unspecified atom stereocenters. The average molecular weight is 429 g/mol. The van der Waals surface area contributed by atoms with Crippen molar-refractivity contribution in [3.05, 3.63) is 51.1 Å². The summed E-state index contributed by atoms with van der Waals surface area (Å²) >= 11 is 8.15. The topological polar surface area (TPSA) is 43.4 Å². The highest BCUT2D eigenvalue weighted by atomic mass is 127. The summed E-state index contributed by atoms with van der Waals surface area (Å²) in [6.07, 6.45) is 0. The molecule has 2 aromatic carbocycles. The molecule has 0 aliphatic heterocycles. The fraction of sp³-hybridized carbons (Fsp3) is 0. The van der Waals surface area contributed by atoms with Gasteiger partial charge in [-0.05, 0) is 65.1 Å². The minimum absolute atomic E-state index is 0.0610. The Morgan fingerprint density at radius 1 is 1.05 bits per heavy atom. The van der Waals surface area contributed by atoms with Gasteiger partial charge in [0.15, 0.2) is 0 Å². The van der Waals surface area contributed by atoms with Gasteiger partial charge in [-0.15, -0.1) is 0 Å². The van der Waals surface area contributed by atoms with Gasteiger partial charge in [0.1, 0.15) is 11.5 Å². The van der Waals surface area contributed by atoms with Crippen LogP contribution in [0, 0.1) is 3.57 Å². The molecule has 0 amide bonds. The van der Waals surface area contributed by atoms with Crippen LogP contribution in [0.15, 0.2) is 47.4 Å². The second-order valence-corrected chi connectivity index (χ2v) is 7.80. The van der Waals surface area contributed by atoms with E-state index < -0.39 is 9.05 Å². The lowest BCUT2D eigenvalue weighted by Crippen LogP contribution is -1.92. The first-order chi connectivity index (χ1) is 8.86. The van der Waals surface area contributed by atoms with Gasteiger partial charge >= 0.3 is 0 Å². The van der Waals surface area contributed by atoms with Crippen LogP contribution in [-0.2, 0) is 9.05 Å². The van der Waals surface area contributed by atoms with Gasteiger partial charge in [0.2, 0.25) is 0 Å². The molecule has 0 N–H and O–H groups in total. The Morgan fingerprint density at radius 3 is 2.21 bits per heavy atom. The third kappa shape index (κ3) is 3.98. The van der Waals surface area contributed by atoms with E-state index in [0.29, 0.717) is 11.5 Å². The molecule has 2 aromatic rings. The van der Waals surface area contributed by atoms with Crippen LogP contribution in [0.4, 0.5) is 0 Å². The average Bonchev–Trinajstić information content (AvgIpc) is 2.33. The Kier molecular flexibility index (Phi) is 4.60. The SMILES string of the molecule is O=S(=O)(Cl)c1ccc(Oc2ccc(I)cc2)c(Cl)c1. The molecule has 0 saturated carbocycles. The number of hydrogen-bond acceptors (Lipinski definition) is 3. The molecule has 0 spiro atoms. The van der Waals surface area contributed by atoms with Crippen molar-refractivity contribution in [2.75, 3.05) is 0 Å². The molecule has 19 heavy (non-hydrogen) atoms. The summed E-state index contributed by atoms with van der Waals surface area (Å²) in [6, 6.07) is 11.4. The standard InChI is InChI=1S/C12H7Cl2IO3S/c13-11-7-10(19(14,16)17)5-6-12(11)18-9-3-1-8(15)2-4-9/h1-7H. The van der Waals surface area contributed by atoms with Crippen LogP contribution in [-0.4, -0.2) is 8.42 Å². The Hall–Kier alpha value is -0.500.